The van der Waals surface area contributed by atoms with Gasteiger partial charge in [-0.15, -0.1) is 6.42 Å². The van der Waals surface area contributed by atoms with Gasteiger partial charge >= 0.3 is 0 Å². The van der Waals surface area contributed by atoms with Gasteiger partial charge in [0.2, 0.25) is 11.3 Å². The van der Waals surface area contributed by atoms with Gasteiger partial charge in [0.1, 0.15) is 0 Å². The van der Waals surface area contributed by atoms with Gasteiger partial charge in [0.25, 0.3) is 0 Å². The molecule has 0 saturated heterocycles. The quantitative estimate of drug-likeness (QED) is 0.683. The minimum atomic E-state index is -0.413. The maximum absolute atomic E-state index is 11.1. The summed E-state index contributed by atoms with van der Waals surface area (Å²) in [5.74, 6) is 2.67. The lowest BCUT2D eigenvalue weighted by molar-refractivity contribution is 0.250. The normalized spacial score (nSPS) is 11.9. The van der Waals surface area contributed by atoms with Gasteiger partial charge < -0.3 is 4.74 Å². The van der Waals surface area contributed by atoms with E-state index in [1.165, 1.54) is 10.7 Å². The van der Waals surface area contributed by atoms with Crippen molar-refractivity contribution in [3.8, 4) is 18.2 Å². The molecule has 1 heterocycles. The molecule has 0 fully saturated rings. The molecular weight excluding hydrogens is 204 g/mol. The van der Waals surface area contributed by atoms with Crippen molar-refractivity contribution in [2.24, 2.45) is 7.05 Å². The Morgan fingerprint density at radius 2 is 2.43 bits per heavy atom. The molecule has 0 bridgehead atoms. The number of ether oxygens (including phenoxy) is 1. The summed E-state index contributed by atoms with van der Waals surface area (Å²) in [6.45, 7) is 1.69. The molecule has 4 nitrogen and oxygen atoms in total. The minimum absolute atomic E-state index is 0.0896. The van der Waals surface area contributed by atoms with Crippen molar-refractivity contribution in [1.29, 1.82) is 0 Å². The van der Waals surface area contributed by atoms with Crippen LogP contribution in [-0.2, 0) is 7.05 Å². The van der Waals surface area contributed by atoms with Crippen LogP contribution in [0.4, 0.5) is 0 Å². The molecule has 74 valence electrons. The molecule has 1 aromatic heterocycles. The highest BCUT2D eigenvalue weighted by atomic mass is 35.5. The molecule has 0 spiro atoms. The number of hydrogen-bond acceptors (Lipinski definition) is 3. The van der Waals surface area contributed by atoms with Crippen molar-refractivity contribution >= 4 is 11.6 Å². The van der Waals surface area contributed by atoms with E-state index < -0.39 is 6.10 Å². The van der Waals surface area contributed by atoms with Crippen molar-refractivity contribution in [3.05, 3.63) is 21.4 Å². The zero-order valence-electron chi connectivity index (χ0n) is 7.82. The highest BCUT2D eigenvalue weighted by Crippen LogP contribution is 2.08. The number of terminal acetylenes is 1. The van der Waals surface area contributed by atoms with Crippen LogP contribution < -0.4 is 10.2 Å². The molecule has 5 heteroatoms. The van der Waals surface area contributed by atoms with E-state index in [-0.39, 0.29) is 10.6 Å². The standard InChI is InChI=1S/C9H9ClN2O2/c1-4-6(2)14-8-5-7(13)9(10)11-12(8)3/h1,5-6H,2-3H3. The second-order valence-electron chi connectivity index (χ2n) is 2.69. The second-order valence-corrected chi connectivity index (χ2v) is 3.05. The van der Waals surface area contributed by atoms with E-state index in [9.17, 15) is 4.79 Å². The summed E-state index contributed by atoms with van der Waals surface area (Å²) in [5.41, 5.74) is -0.385. The van der Waals surface area contributed by atoms with E-state index in [0.29, 0.717) is 5.88 Å². The van der Waals surface area contributed by atoms with E-state index in [1.54, 1.807) is 14.0 Å². The van der Waals surface area contributed by atoms with E-state index in [2.05, 4.69) is 11.0 Å². The predicted molar refractivity (Wildman–Crippen MR) is 53.4 cm³/mol. The van der Waals surface area contributed by atoms with Gasteiger partial charge in [0, 0.05) is 7.05 Å². The molecule has 14 heavy (non-hydrogen) atoms. The Bertz CT molecular complexity index is 433. The Morgan fingerprint density at radius 1 is 1.79 bits per heavy atom. The van der Waals surface area contributed by atoms with Gasteiger partial charge in [-0.05, 0) is 6.92 Å². The summed E-state index contributed by atoms with van der Waals surface area (Å²) in [6.07, 6.45) is 4.72. The molecule has 0 N–H and O–H groups in total. The van der Waals surface area contributed by atoms with Gasteiger partial charge in [-0.1, -0.05) is 17.5 Å². The summed E-state index contributed by atoms with van der Waals surface area (Å²) in [7, 11) is 1.61. The largest absolute Gasteiger partial charge is 0.462 e. The summed E-state index contributed by atoms with van der Waals surface area (Å²) in [5, 5.41) is 3.65. The lowest BCUT2D eigenvalue weighted by atomic mass is 10.4. The van der Waals surface area contributed by atoms with Crippen molar-refractivity contribution in [2.75, 3.05) is 0 Å². The highest BCUT2D eigenvalue weighted by Gasteiger charge is 2.07. The van der Waals surface area contributed by atoms with Crippen LogP contribution in [0, 0.1) is 12.3 Å². The third kappa shape index (κ3) is 2.27. The van der Waals surface area contributed by atoms with Crippen LogP contribution in [-0.4, -0.2) is 15.9 Å². The molecule has 1 unspecified atom stereocenters. The van der Waals surface area contributed by atoms with E-state index >= 15 is 0 Å². The van der Waals surface area contributed by atoms with Crippen LogP contribution in [0.1, 0.15) is 6.92 Å². The van der Waals surface area contributed by atoms with Crippen molar-refractivity contribution in [2.45, 2.75) is 13.0 Å². The summed E-state index contributed by atoms with van der Waals surface area (Å²) >= 11 is 5.52. The third-order valence-electron chi connectivity index (χ3n) is 1.55. The SMILES string of the molecule is C#CC(C)Oc1cc(=O)c(Cl)nn1C. The molecule has 0 aliphatic rings. The van der Waals surface area contributed by atoms with Gasteiger partial charge in [-0.3, -0.25) is 4.79 Å². The highest BCUT2D eigenvalue weighted by molar-refractivity contribution is 6.29. The van der Waals surface area contributed by atoms with Crippen LogP contribution >= 0.6 is 11.6 Å². The Balaban J connectivity index is 3.06. The fraction of sp³-hybridized carbons (Fsp3) is 0.333. The molecule has 1 atom stereocenters. The number of nitrogens with zero attached hydrogens (tertiary/aromatic N) is 2. The molecule has 0 amide bonds. The Morgan fingerprint density at radius 3 is 3.00 bits per heavy atom. The number of hydrogen-bond donors (Lipinski definition) is 0. The number of halogens is 1. The topological polar surface area (TPSA) is 44.1 Å². The van der Waals surface area contributed by atoms with Crippen LogP contribution in [0.2, 0.25) is 5.15 Å². The first-order valence-electron chi connectivity index (χ1n) is 3.91. The predicted octanol–water partition coefficient (Wildman–Crippen LogP) is 0.834. The Hall–Kier alpha value is -1.47. The fourth-order valence-electron chi connectivity index (χ4n) is 0.821. The van der Waals surface area contributed by atoms with Crippen LogP contribution in [0.3, 0.4) is 0 Å². The second kappa shape index (κ2) is 4.16. The lowest BCUT2D eigenvalue weighted by Crippen LogP contribution is -2.17. The number of aromatic nitrogens is 2. The molecule has 1 aromatic rings. The zero-order chi connectivity index (χ0) is 10.7. The molecule has 1 rings (SSSR count). The summed E-state index contributed by atoms with van der Waals surface area (Å²) in [6, 6.07) is 1.25. The Kier molecular flexibility index (Phi) is 3.15. The maximum atomic E-state index is 11.1. The fourth-order valence-corrected chi connectivity index (χ4v) is 0.989. The first-order chi connectivity index (χ1) is 6.54. The average Bonchev–Trinajstić information content (AvgIpc) is 2.14. The van der Waals surface area contributed by atoms with Crippen LogP contribution in [0.15, 0.2) is 10.9 Å². The van der Waals surface area contributed by atoms with E-state index in [1.807, 2.05) is 0 Å². The van der Waals surface area contributed by atoms with Crippen molar-refractivity contribution < 1.29 is 4.74 Å². The molecule has 0 radical (unpaired) electrons. The van der Waals surface area contributed by atoms with Crippen molar-refractivity contribution in [1.82, 2.24) is 9.78 Å². The molecule has 0 aliphatic carbocycles. The zero-order valence-corrected chi connectivity index (χ0v) is 8.58. The third-order valence-corrected chi connectivity index (χ3v) is 1.81. The summed E-state index contributed by atoms with van der Waals surface area (Å²) < 4.78 is 6.59. The minimum Gasteiger partial charge on any atom is -0.462 e. The molecule has 0 aromatic carbocycles. The van der Waals surface area contributed by atoms with Gasteiger partial charge in [0.15, 0.2) is 11.3 Å². The molecule has 0 saturated carbocycles. The number of aryl methyl sites for hydroxylation is 1. The van der Waals surface area contributed by atoms with Crippen LogP contribution in [0.25, 0.3) is 0 Å². The van der Waals surface area contributed by atoms with Gasteiger partial charge in [0.05, 0.1) is 6.07 Å². The molecular formula is C9H9ClN2O2. The average molecular weight is 213 g/mol. The molecule has 0 aliphatic heterocycles. The van der Waals surface area contributed by atoms with Crippen molar-refractivity contribution in [3.63, 3.8) is 0 Å². The van der Waals surface area contributed by atoms with E-state index in [4.69, 9.17) is 22.8 Å². The monoisotopic (exact) mass is 212 g/mol. The smallest absolute Gasteiger partial charge is 0.222 e. The first-order valence-corrected chi connectivity index (χ1v) is 4.29. The Labute approximate surface area is 86.5 Å². The van der Waals surface area contributed by atoms with Gasteiger partial charge in [-0.2, -0.15) is 5.10 Å². The van der Waals surface area contributed by atoms with Crippen LogP contribution in [0.5, 0.6) is 5.88 Å². The summed E-state index contributed by atoms with van der Waals surface area (Å²) in [4.78, 5) is 11.1. The lowest BCUT2D eigenvalue weighted by Gasteiger charge is -2.11. The van der Waals surface area contributed by atoms with E-state index in [0.717, 1.165) is 0 Å². The van der Waals surface area contributed by atoms with Gasteiger partial charge in [-0.25, -0.2) is 4.68 Å². The maximum Gasteiger partial charge on any atom is 0.222 e. The number of rotatable bonds is 2. The first kappa shape index (κ1) is 10.6.